The maximum Gasteiger partial charge on any atom is 0.268 e. The number of rotatable bonds is 4. The van der Waals surface area contributed by atoms with Crippen molar-refractivity contribution in [3.8, 4) is 16.2 Å². The second-order valence-electron chi connectivity index (χ2n) is 6.61. The minimum atomic E-state index is -0.384. The van der Waals surface area contributed by atoms with Crippen LogP contribution in [-0.4, -0.2) is 12.5 Å². The molecule has 0 spiro atoms. The number of halogens is 1. The lowest BCUT2D eigenvalue weighted by atomic mass is 10.0. The highest BCUT2D eigenvalue weighted by Crippen LogP contribution is 2.44. The van der Waals surface area contributed by atoms with Crippen LogP contribution in [0.2, 0.25) is 0 Å². The molecule has 138 valence electrons. The monoisotopic (exact) mass is 381 g/mol. The second-order valence-corrected chi connectivity index (χ2v) is 7.66. The molecule has 0 fully saturated rings. The predicted octanol–water partition coefficient (Wildman–Crippen LogP) is 5.81. The summed E-state index contributed by atoms with van der Waals surface area (Å²) >= 11 is 1.46. The van der Waals surface area contributed by atoms with Gasteiger partial charge in [-0.3, -0.25) is 4.79 Å². The van der Waals surface area contributed by atoms with E-state index in [1.54, 1.807) is 18.2 Å². The third-order valence-electron chi connectivity index (χ3n) is 4.70. The van der Waals surface area contributed by atoms with Crippen LogP contribution < -0.4 is 9.64 Å². The highest BCUT2D eigenvalue weighted by Gasteiger charge is 2.27. The van der Waals surface area contributed by atoms with Crippen molar-refractivity contribution < 1.29 is 13.9 Å². The van der Waals surface area contributed by atoms with E-state index in [4.69, 9.17) is 4.74 Å². The molecule has 2 heterocycles. The number of amides is 1. The summed E-state index contributed by atoms with van der Waals surface area (Å²) in [4.78, 5) is 16.4. The number of benzene rings is 2. The van der Waals surface area contributed by atoms with Gasteiger partial charge in [-0.25, -0.2) is 4.39 Å². The van der Waals surface area contributed by atoms with Crippen LogP contribution in [-0.2, 0) is 6.61 Å². The summed E-state index contributed by atoms with van der Waals surface area (Å²) in [7, 11) is 0. The van der Waals surface area contributed by atoms with Crippen molar-refractivity contribution in [2.24, 2.45) is 0 Å². The molecule has 0 unspecified atom stereocenters. The average molecular weight is 381 g/mol. The zero-order chi connectivity index (χ0) is 19.0. The van der Waals surface area contributed by atoms with Crippen LogP contribution in [0.15, 0.2) is 48.5 Å². The summed E-state index contributed by atoms with van der Waals surface area (Å²) in [5.74, 6) is 0.296. The number of carbonyl (C=O) groups excluding carboxylic acids is 1. The first-order chi connectivity index (χ1) is 13.1. The van der Waals surface area contributed by atoms with Gasteiger partial charge in [0.1, 0.15) is 18.2 Å². The van der Waals surface area contributed by atoms with Crippen molar-refractivity contribution in [1.82, 2.24) is 0 Å². The van der Waals surface area contributed by atoms with Crippen molar-refractivity contribution in [3.63, 3.8) is 0 Å². The van der Waals surface area contributed by atoms with E-state index >= 15 is 0 Å². The van der Waals surface area contributed by atoms with Crippen LogP contribution in [0, 0.1) is 12.7 Å². The lowest BCUT2D eigenvalue weighted by Gasteiger charge is -2.22. The molecule has 2 aromatic carbocycles. The minimum Gasteiger partial charge on any atom is -0.488 e. The topological polar surface area (TPSA) is 29.5 Å². The Morgan fingerprint density at radius 3 is 2.81 bits per heavy atom. The normalized spacial score (nSPS) is 12.1. The number of carbonyl (C=O) groups is 1. The second kappa shape index (κ2) is 7.16. The van der Waals surface area contributed by atoms with E-state index in [-0.39, 0.29) is 11.7 Å². The lowest BCUT2D eigenvalue weighted by molar-refractivity contribution is 0.0990. The van der Waals surface area contributed by atoms with Crippen molar-refractivity contribution in [1.29, 1.82) is 0 Å². The number of anilines is 1. The molecule has 3 aromatic rings. The first-order valence-corrected chi connectivity index (χ1v) is 9.83. The summed E-state index contributed by atoms with van der Waals surface area (Å²) in [6.45, 7) is 4.94. The summed E-state index contributed by atoms with van der Waals surface area (Å²) in [5, 5.41) is 0. The maximum atomic E-state index is 14.3. The van der Waals surface area contributed by atoms with Crippen molar-refractivity contribution in [2.75, 3.05) is 11.4 Å². The number of para-hydroxylation sites is 1. The van der Waals surface area contributed by atoms with Gasteiger partial charge in [-0.2, -0.15) is 0 Å². The van der Waals surface area contributed by atoms with Crippen molar-refractivity contribution in [2.45, 2.75) is 26.9 Å². The molecule has 0 saturated carbocycles. The standard InChI is InChI=1S/C22H20FNO2S/c1-3-11-24(17-9-5-4-8-16(17)23)22(25)19-12-15-13-26-18-10-6-7-14(2)20(18)21(15)27-19/h4-10,12H,3,11,13H2,1-2H3. The fraction of sp³-hybridized carbons (Fsp3) is 0.227. The van der Waals surface area contributed by atoms with E-state index < -0.39 is 0 Å². The highest BCUT2D eigenvalue weighted by atomic mass is 32.1. The van der Waals surface area contributed by atoms with Crippen molar-refractivity contribution >= 4 is 22.9 Å². The Morgan fingerprint density at radius 1 is 1.22 bits per heavy atom. The van der Waals surface area contributed by atoms with E-state index in [0.717, 1.165) is 33.7 Å². The SMILES string of the molecule is CCCN(C(=O)c1cc2c(s1)-c1c(C)cccc1OC2)c1ccccc1F. The van der Waals surface area contributed by atoms with E-state index in [1.165, 1.54) is 22.3 Å². The number of hydrogen-bond donors (Lipinski definition) is 0. The molecule has 1 aromatic heterocycles. The number of fused-ring (bicyclic) bond motifs is 3. The van der Waals surface area contributed by atoms with Gasteiger partial charge in [0.2, 0.25) is 0 Å². The fourth-order valence-electron chi connectivity index (χ4n) is 3.42. The maximum absolute atomic E-state index is 14.3. The van der Waals surface area contributed by atoms with Gasteiger partial charge < -0.3 is 9.64 Å². The van der Waals surface area contributed by atoms with E-state index in [9.17, 15) is 9.18 Å². The number of aryl methyl sites for hydroxylation is 1. The molecule has 0 aliphatic carbocycles. The zero-order valence-electron chi connectivity index (χ0n) is 15.3. The molecule has 4 rings (SSSR count). The Kier molecular flexibility index (Phi) is 4.70. The van der Waals surface area contributed by atoms with Crippen LogP contribution in [0.4, 0.5) is 10.1 Å². The number of ether oxygens (including phenoxy) is 1. The fourth-order valence-corrected chi connectivity index (χ4v) is 4.65. The number of hydrogen-bond acceptors (Lipinski definition) is 3. The Hall–Kier alpha value is -2.66. The Morgan fingerprint density at radius 2 is 2.04 bits per heavy atom. The van der Waals surface area contributed by atoms with Gasteiger partial charge in [-0.15, -0.1) is 11.3 Å². The van der Waals surface area contributed by atoms with E-state index in [2.05, 4.69) is 0 Å². The zero-order valence-corrected chi connectivity index (χ0v) is 16.1. The van der Waals surface area contributed by atoms with Crippen LogP contribution in [0.25, 0.3) is 10.4 Å². The molecular formula is C22H20FNO2S. The van der Waals surface area contributed by atoms with Gasteiger partial charge >= 0.3 is 0 Å². The van der Waals surface area contributed by atoms with E-state index in [1.807, 2.05) is 38.1 Å². The van der Waals surface area contributed by atoms with Crippen LogP contribution >= 0.6 is 11.3 Å². The molecule has 0 atom stereocenters. The van der Waals surface area contributed by atoms with Crippen LogP contribution in [0.1, 0.15) is 34.1 Å². The average Bonchev–Trinajstić information content (AvgIpc) is 3.11. The largest absolute Gasteiger partial charge is 0.488 e. The molecule has 0 saturated heterocycles. The number of nitrogens with zero attached hydrogens (tertiary/aromatic N) is 1. The summed E-state index contributed by atoms with van der Waals surface area (Å²) in [5.41, 5.74) is 3.50. The Labute approximate surface area is 162 Å². The van der Waals surface area contributed by atoms with Crippen molar-refractivity contribution in [3.05, 3.63) is 70.4 Å². The quantitative estimate of drug-likeness (QED) is 0.571. The van der Waals surface area contributed by atoms with Crippen LogP contribution in [0.5, 0.6) is 5.75 Å². The smallest absolute Gasteiger partial charge is 0.268 e. The Bertz CT molecular complexity index is 1010. The molecule has 5 heteroatoms. The van der Waals surface area contributed by atoms with Crippen LogP contribution in [0.3, 0.4) is 0 Å². The lowest BCUT2D eigenvalue weighted by Crippen LogP contribution is -2.31. The highest BCUT2D eigenvalue weighted by molar-refractivity contribution is 7.17. The summed E-state index contributed by atoms with van der Waals surface area (Å²) in [6.07, 6.45) is 0.746. The summed E-state index contributed by atoms with van der Waals surface area (Å²) in [6, 6.07) is 14.3. The molecule has 1 amide bonds. The molecule has 27 heavy (non-hydrogen) atoms. The molecule has 0 N–H and O–H groups in total. The third-order valence-corrected chi connectivity index (χ3v) is 5.88. The van der Waals surface area contributed by atoms with E-state index in [0.29, 0.717) is 23.7 Å². The molecule has 0 bridgehead atoms. The van der Waals surface area contributed by atoms with Gasteiger partial charge in [0.05, 0.1) is 10.6 Å². The van der Waals surface area contributed by atoms with Gasteiger partial charge in [0.25, 0.3) is 5.91 Å². The Balaban J connectivity index is 1.75. The number of thiophene rings is 1. The molecule has 0 radical (unpaired) electrons. The van der Waals surface area contributed by atoms with Gasteiger partial charge in [0, 0.05) is 22.5 Å². The first-order valence-electron chi connectivity index (χ1n) is 9.02. The molecule has 1 aliphatic rings. The molecule has 3 nitrogen and oxygen atoms in total. The van der Waals surface area contributed by atoms with Gasteiger partial charge in [-0.05, 0) is 43.2 Å². The van der Waals surface area contributed by atoms with Gasteiger partial charge in [0.15, 0.2) is 0 Å². The molecular weight excluding hydrogens is 361 g/mol. The minimum absolute atomic E-state index is 0.170. The summed E-state index contributed by atoms with van der Waals surface area (Å²) < 4.78 is 20.2. The first kappa shape index (κ1) is 17.7. The molecule has 1 aliphatic heterocycles. The predicted molar refractivity (Wildman–Crippen MR) is 107 cm³/mol. The third kappa shape index (κ3) is 3.12. The van der Waals surface area contributed by atoms with Gasteiger partial charge in [-0.1, -0.05) is 31.2 Å².